The zero-order chi connectivity index (χ0) is 18.8. The first-order valence-electron chi connectivity index (χ1n) is 9.50. The van der Waals surface area contributed by atoms with Crippen LogP contribution in [0.5, 0.6) is 0 Å². The van der Waals surface area contributed by atoms with Gasteiger partial charge in [-0.1, -0.05) is 6.92 Å². The van der Waals surface area contributed by atoms with Crippen molar-refractivity contribution in [3.63, 3.8) is 0 Å². The Morgan fingerprint density at radius 3 is 2.93 bits per heavy atom. The van der Waals surface area contributed by atoms with Gasteiger partial charge in [-0.05, 0) is 30.3 Å². The molecule has 0 unspecified atom stereocenters. The summed E-state index contributed by atoms with van der Waals surface area (Å²) in [6.07, 6.45) is 9.15. The molecule has 3 aromatic heterocycles. The fourth-order valence-electron chi connectivity index (χ4n) is 3.57. The minimum absolute atomic E-state index is 0.0726. The van der Waals surface area contributed by atoms with E-state index in [2.05, 4.69) is 32.4 Å². The van der Waals surface area contributed by atoms with Crippen molar-refractivity contribution in [3.8, 4) is 0 Å². The molecule has 0 spiro atoms. The largest absolute Gasteiger partial charge is 0.352 e. The van der Waals surface area contributed by atoms with Crippen LogP contribution in [0.2, 0.25) is 0 Å². The molecule has 9 nitrogen and oxygen atoms in total. The molecule has 9 heteroatoms. The molecule has 1 fully saturated rings. The number of piperidine rings is 1. The number of nitrogens with zero attached hydrogens (tertiary/aromatic N) is 6. The lowest BCUT2D eigenvalue weighted by molar-refractivity contribution is 0.0946. The van der Waals surface area contributed by atoms with Crippen molar-refractivity contribution >= 4 is 17.5 Å². The fourth-order valence-corrected chi connectivity index (χ4v) is 3.57. The van der Waals surface area contributed by atoms with Crippen LogP contribution >= 0.6 is 0 Å². The third-order valence-corrected chi connectivity index (χ3v) is 5.15. The van der Waals surface area contributed by atoms with Gasteiger partial charge in [0.1, 0.15) is 11.2 Å². The topological polar surface area (TPSA) is 93.5 Å². The highest BCUT2D eigenvalue weighted by Gasteiger charge is 2.24. The van der Waals surface area contributed by atoms with Crippen LogP contribution in [-0.4, -0.2) is 49.9 Å². The van der Waals surface area contributed by atoms with Gasteiger partial charge in [0, 0.05) is 45.5 Å². The van der Waals surface area contributed by atoms with Crippen LogP contribution in [-0.2, 0) is 13.5 Å². The molecule has 4 heterocycles. The maximum absolute atomic E-state index is 12.5. The van der Waals surface area contributed by atoms with E-state index >= 15 is 0 Å². The number of carbonyl (C=O) groups excluding carboxylic acids is 1. The maximum atomic E-state index is 12.5. The molecule has 0 saturated carbocycles. The monoisotopic (exact) mass is 371 g/mol. The number of hydrogen-bond donors (Lipinski definition) is 1. The summed E-state index contributed by atoms with van der Waals surface area (Å²) in [7, 11) is 1.91. The number of hydrogen-bond acceptors (Lipinski definition) is 6. The molecule has 1 saturated heterocycles. The van der Waals surface area contributed by atoms with Crippen molar-refractivity contribution in [3.05, 3.63) is 30.0 Å². The Kier molecular flexibility index (Phi) is 4.83. The standard InChI is InChI=1S/C18H25N7O2/c1-3-4-15-21-18(22-27-15)24-7-5-13(6-8-24)11-19-16(26)14-12-20-25-10-9-23(2)17(14)25/h9-10,12-13H,3-8,11H2,1-2H3,(H,19,26). The van der Waals surface area contributed by atoms with Crippen LogP contribution in [0.1, 0.15) is 42.4 Å². The number of amides is 1. The van der Waals surface area contributed by atoms with Crippen molar-refractivity contribution in [2.75, 3.05) is 24.5 Å². The Bertz CT molecular complexity index is 917. The van der Waals surface area contributed by atoms with Gasteiger partial charge >= 0.3 is 0 Å². The summed E-state index contributed by atoms with van der Waals surface area (Å²) in [6, 6.07) is 0. The van der Waals surface area contributed by atoms with Gasteiger partial charge in [-0.3, -0.25) is 4.79 Å². The quantitative estimate of drug-likeness (QED) is 0.708. The number of carbonyl (C=O) groups is 1. The molecule has 0 aromatic carbocycles. The fraction of sp³-hybridized carbons (Fsp3) is 0.556. The molecule has 1 aliphatic rings. The zero-order valence-electron chi connectivity index (χ0n) is 15.8. The normalized spacial score (nSPS) is 15.6. The van der Waals surface area contributed by atoms with Crippen molar-refractivity contribution in [2.45, 2.75) is 32.6 Å². The van der Waals surface area contributed by atoms with Crippen molar-refractivity contribution in [1.29, 1.82) is 0 Å². The molecule has 1 amide bonds. The van der Waals surface area contributed by atoms with E-state index in [4.69, 9.17) is 4.52 Å². The minimum Gasteiger partial charge on any atom is -0.352 e. The van der Waals surface area contributed by atoms with E-state index in [9.17, 15) is 4.79 Å². The van der Waals surface area contributed by atoms with Gasteiger partial charge in [0.2, 0.25) is 5.89 Å². The number of imidazole rings is 1. The second-order valence-electron chi connectivity index (χ2n) is 7.11. The number of aromatic nitrogens is 5. The number of nitrogens with one attached hydrogen (secondary N) is 1. The van der Waals surface area contributed by atoms with Gasteiger partial charge in [0.05, 0.1) is 6.20 Å². The second kappa shape index (κ2) is 7.42. The molecule has 0 aliphatic carbocycles. The second-order valence-corrected chi connectivity index (χ2v) is 7.11. The van der Waals surface area contributed by atoms with Gasteiger partial charge < -0.3 is 19.3 Å². The molecule has 0 atom stereocenters. The molecule has 1 aliphatic heterocycles. The average Bonchev–Trinajstić information content (AvgIpc) is 3.39. The SMILES string of the molecule is CCCc1nc(N2CCC(CNC(=O)c3cnn4ccn(C)c34)CC2)no1. The lowest BCUT2D eigenvalue weighted by Gasteiger charge is -2.30. The number of anilines is 1. The summed E-state index contributed by atoms with van der Waals surface area (Å²) in [5, 5.41) is 11.4. The van der Waals surface area contributed by atoms with E-state index in [1.54, 1.807) is 10.7 Å². The lowest BCUT2D eigenvalue weighted by atomic mass is 9.97. The zero-order valence-corrected chi connectivity index (χ0v) is 15.8. The summed E-state index contributed by atoms with van der Waals surface area (Å²) < 4.78 is 8.89. The molecular formula is C18H25N7O2. The van der Waals surface area contributed by atoms with Crippen molar-refractivity contribution in [1.82, 2.24) is 29.6 Å². The van der Waals surface area contributed by atoms with Crippen LogP contribution < -0.4 is 10.2 Å². The highest BCUT2D eigenvalue weighted by Crippen LogP contribution is 2.21. The Morgan fingerprint density at radius 2 is 2.15 bits per heavy atom. The first-order chi connectivity index (χ1) is 13.2. The van der Waals surface area contributed by atoms with E-state index in [1.165, 1.54) is 0 Å². The Labute approximate surface area is 157 Å². The van der Waals surface area contributed by atoms with E-state index in [1.807, 2.05) is 24.0 Å². The van der Waals surface area contributed by atoms with Gasteiger partial charge in [-0.25, -0.2) is 4.52 Å². The first-order valence-corrected chi connectivity index (χ1v) is 9.50. The summed E-state index contributed by atoms with van der Waals surface area (Å²) in [4.78, 5) is 19.2. The summed E-state index contributed by atoms with van der Waals surface area (Å²) in [5.74, 6) is 1.77. The lowest BCUT2D eigenvalue weighted by Crippen LogP contribution is -2.39. The molecule has 0 bridgehead atoms. The molecule has 0 radical (unpaired) electrons. The average molecular weight is 371 g/mol. The third kappa shape index (κ3) is 3.54. The van der Waals surface area contributed by atoms with Crippen LogP contribution in [0.3, 0.4) is 0 Å². The predicted octanol–water partition coefficient (Wildman–Crippen LogP) is 1.65. The molecule has 1 N–H and O–H groups in total. The van der Waals surface area contributed by atoms with Crippen LogP contribution in [0.25, 0.3) is 5.65 Å². The predicted molar refractivity (Wildman–Crippen MR) is 99.7 cm³/mol. The Hall–Kier alpha value is -2.84. The van der Waals surface area contributed by atoms with Gasteiger partial charge in [-0.15, -0.1) is 0 Å². The maximum Gasteiger partial charge on any atom is 0.266 e. The molecule has 27 heavy (non-hydrogen) atoms. The van der Waals surface area contributed by atoms with E-state index < -0.39 is 0 Å². The number of aryl methyl sites for hydroxylation is 2. The van der Waals surface area contributed by atoms with Crippen molar-refractivity contribution < 1.29 is 9.32 Å². The summed E-state index contributed by atoms with van der Waals surface area (Å²) in [6.45, 7) is 4.52. The molecule has 144 valence electrons. The van der Waals surface area contributed by atoms with E-state index in [0.29, 0.717) is 29.9 Å². The highest BCUT2D eigenvalue weighted by molar-refractivity contribution is 5.99. The van der Waals surface area contributed by atoms with Crippen molar-refractivity contribution in [2.24, 2.45) is 13.0 Å². The Morgan fingerprint density at radius 1 is 1.33 bits per heavy atom. The van der Waals surface area contributed by atoms with E-state index in [0.717, 1.165) is 44.4 Å². The summed E-state index contributed by atoms with van der Waals surface area (Å²) in [5.41, 5.74) is 1.41. The Balaban J connectivity index is 1.29. The van der Waals surface area contributed by atoms with Gasteiger partial charge in [0.15, 0.2) is 0 Å². The molecular weight excluding hydrogens is 346 g/mol. The van der Waals surface area contributed by atoms with Crippen LogP contribution in [0, 0.1) is 5.92 Å². The first kappa shape index (κ1) is 17.6. The number of fused-ring (bicyclic) bond motifs is 1. The molecule has 4 rings (SSSR count). The molecule has 3 aromatic rings. The summed E-state index contributed by atoms with van der Waals surface area (Å²) >= 11 is 0. The van der Waals surface area contributed by atoms with Crippen LogP contribution in [0.15, 0.2) is 23.1 Å². The van der Waals surface area contributed by atoms with Crippen LogP contribution in [0.4, 0.5) is 5.95 Å². The van der Waals surface area contributed by atoms with Gasteiger partial charge in [-0.2, -0.15) is 10.1 Å². The van der Waals surface area contributed by atoms with E-state index in [-0.39, 0.29) is 5.91 Å². The smallest absolute Gasteiger partial charge is 0.266 e. The number of rotatable bonds is 6. The van der Waals surface area contributed by atoms with Gasteiger partial charge in [0.25, 0.3) is 11.9 Å². The third-order valence-electron chi connectivity index (χ3n) is 5.15. The highest BCUT2D eigenvalue weighted by atomic mass is 16.5. The minimum atomic E-state index is -0.0726.